The summed E-state index contributed by atoms with van der Waals surface area (Å²) < 4.78 is 5.30. The van der Waals surface area contributed by atoms with E-state index in [1.54, 1.807) is 0 Å². The van der Waals surface area contributed by atoms with Crippen molar-refractivity contribution < 1.29 is 9.53 Å². The number of ether oxygens (including phenoxy) is 1. The topological polar surface area (TPSA) is 41.6 Å². The zero-order valence-corrected chi connectivity index (χ0v) is 11.3. The number of carbonyl (C=O) groups excluding carboxylic acids is 1. The van der Waals surface area contributed by atoms with Gasteiger partial charge in [-0.1, -0.05) is 32.0 Å². The van der Waals surface area contributed by atoms with Crippen LogP contribution in [0.2, 0.25) is 0 Å². The third-order valence-corrected chi connectivity index (χ3v) is 2.74. The van der Waals surface area contributed by atoms with Crippen molar-refractivity contribution >= 4 is 11.8 Å². The summed E-state index contributed by atoms with van der Waals surface area (Å²) in [4.78, 5) is 13.9. The fraction of sp³-hybridized carbons (Fsp3) is 0.500. The van der Waals surface area contributed by atoms with Gasteiger partial charge >= 0.3 is 6.09 Å². The summed E-state index contributed by atoms with van der Waals surface area (Å²) >= 11 is 0. The van der Waals surface area contributed by atoms with Gasteiger partial charge in [-0.2, -0.15) is 0 Å². The summed E-state index contributed by atoms with van der Waals surface area (Å²) in [5.74, 6) is 0. The second kappa shape index (κ2) is 7.71. The van der Waals surface area contributed by atoms with E-state index in [1.807, 2.05) is 37.3 Å². The van der Waals surface area contributed by atoms with Crippen molar-refractivity contribution in [3.63, 3.8) is 0 Å². The maximum Gasteiger partial charge on any atom is 0.411 e. The molecule has 0 fully saturated rings. The Bertz CT molecular complexity index is 350. The SMILES string of the molecule is CCN(CC)CC(C)OC(=O)Nc1ccccc1. The quantitative estimate of drug-likeness (QED) is 0.844. The van der Waals surface area contributed by atoms with Crippen LogP contribution in [0.15, 0.2) is 30.3 Å². The molecule has 0 bridgehead atoms. The molecule has 1 aromatic rings. The van der Waals surface area contributed by atoms with Crippen LogP contribution >= 0.6 is 0 Å². The Labute approximate surface area is 109 Å². The molecule has 1 atom stereocenters. The number of rotatable bonds is 6. The molecular formula is C14H22N2O2. The van der Waals surface area contributed by atoms with Crippen molar-refractivity contribution in [2.24, 2.45) is 0 Å². The van der Waals surface area contributed by atoms with Gasteiger partial charge in [0.1, 0.15) is 6.10 Å². The number of carbonyl (C=O) groups is 1. The standard InChI is InChI=1S/C14H22N2O2/c1-4-16(5-2)11-12(3)18-14(17)15-13-9-7-6-8-10-13/h6-10,12H,4-5,11H2,1-3H3,(H,15,17). The first-order chi connectivity index (χ1) is 8.65. The van der Waals surface area contributed by atoms with Gasteiger partial charge in [0.05, 0.1) is 0 Å². The average molecular weight is 250 g/mol. The summed E-state index contributed by atoms with van der Waals surface area (Å²) in [6.45, 7) is 8.79. The Morgan fingerprint density at radius 3 is 2.44 bits per heavy atom. The lowest BCUT2D eigenvalue weighted by Gasteiger charge is -2.22. The van der Waals surface area contributed by atoms with E-state index in [2.05, 4.69) is 24.1 Å². The van der Waals surface area contributed by atoms with Crippen molar-refractivity contribution in [2.75, 3.05) is 25.0 Å². The molecule has 4 nitrogen and oxygen atoms in total. The predicted octanol–water partition coefficient (Wildman–Crippen LogP) is 2.97. The van der Waals surface area contributed by atoms with Crippen LogP contribution in [0, 0.1) is 0 Å². The number of nitrogens with zero attached hydrogens (tertiary/aromatic N) is 1. The molecule has 100 valence electrons. The fourth-order valence-corrected chi connectivity index (χ4v) is 1.73. The van der Waals surface area contributed by atoms with Crippen molar-refractivity contribution in [1.82, 2.24) is 4.90 Å². The number of anilines is 1. The summed E-state index contributed by atoms with van der Waals surface area (Å²) in [6.07, 6.45) is -0.519. The van der Waals surface area contributed by atoms with Crippen molar-refractivity contribution in [3.8, 4) is 0 Å². The highest BCUT2D eigenvalue weighted by molar-refractivity contribution is 5.84. The van der Waals surface area contributed by atoms with Crippen LogP contribution in [0.1, 0.15) is 20.8 Å². The number of benzene rings is 1. The van der Waals surface area contributed by atoms with E-state index in [-0.39, 0.29) is 6.10 Å². The predicted molar refractivity (Wildman–Crippen MR) is 73.8 cm³/mol. The molecule has 0 radical (unpaired) electrons. The Morgan fingerprint density at radius 2 is 1.89 bits per heavy atom. The third-order valence-electron chi connectivity index (χ3n) is 2.74. The molecule has 0 aliphatic rings. The summed E-state index contributed by atoms with van der Waals surface area (Å²) in [5, 5.41) is 2.70. The van der Waals surface area contributed by atoms with Crippen molar-refractivity contribution in [2.45, 2.75) is 26.9 Å². The lowest BCUT2D eigenvalue weighted by atomic mass is 10.3. The van der Waals surface area contributed by atoms with Crippen molar-refractivity contribution in [1.29, 1.82) is 0 Å². The monoisotopic (exact) mass is 250 g/mol. The smallest absolute Gasteiger partial charge is 0.411 e. The van der Waals surface area contributed by atoms with Gasteiger partial charge in [0, 0.05) is 12.2 Å². The van der Waals surface area contributed by atoms with Crippen LogP contribution in [0.4, 0.5) is 10.5 Å². The van der Waals surface area contributed by atoms with Crippen LogP contribution in [-0.4, -0.2) is 36.7 Å². The van der Waals surface area contributed by atoms with E-state index in [9.17, 15) is 4.79 Å². The highest BCUT2D eigenvalue weighted by Gasteiger charge is 2.12. The molecule has 1 rings (SSSR count). The second-order valence-electron chi connectivity index (χ2n) is 4.19. The van der Waals surface area contributed by atoms with E-state index >= 15 is 0 Å². The van der Waals surface area contributed by atoms with Crippen LogP contribution < -0.4 is 5.32 Å². The van der Waals surface area contributed by atoms with E-state index < -0.39 is 6.09 Å². The third kappa shape index (κ3) is 5.19. The van der Waals surface area contributed by atoms with Crippen molar-refractivity contribution in [3.05, 3.63) is 30.3 Å². The van der Waals surface area contributed by atoms with Crippen LogP contribution in [0.5, 0.6) is 0 Å². The summed E-state index contributed by atoms with van der Waals surface area (Å²) in [6, 6.07) is 9.30. The highest BCUT2D eigenvalue weighted by atomic mass is 16.6. The molecule has 1 N–H and O–H groups in total. The molecule has 0 saturated heterocycles. The molecular weight excluding hydrogens is 228 g/mol. The molecule has 0 saturated carbocycles. The first-order valence-electron chi connectivity index (χ1n) is 6.40. The average Bonchev–Trinajstić information content (AvgIpc) is 2.36. The Balaban J connectivity index is 2.36. The number of hydrogen-bond acceptors (Lipinski definition) is 3. The number of likely N-dealkylation sites (N-methyl/N-ethyl adjacent to an activating group) is 1. The van der Waals surface area contributed by atoms with Gasteiger partial charge in [-0.05, 0) is 32.1 Å². The lowest BCUT2D eigenvalue weighted by Crippen LogP contribution is -2.34. The van der Waals surface area contributed by atoms with Gasteiger partial charge in [-0.25, -0.2) is 4.79 Å². The molecule has 0 aromatic heterocycles. The molecule has 1 aromatic carbocycles. The van der Waals surface area contributed by atoms with Gasteiger partial charge in [-0.3, -0.25) is 5.32 Å². The molecule has 0 heterocycles. The van der Waals surface area contributed by atoms with Crippen LogP contribution in [0.3, 0.4) is 0 Å². The van der Waals surface area contributed by atoms with E-state index in [0.717, 1.165) is 25.3 Å². The molecule has 0 aliphatic heterocycles. The second-order valence-corrected chi connectivity index (χ2v) is 4.19. The number of hydrogen-bond donors (Lipinski definition) is 1. The van der Waals surface area contributed by atoms with Gasteiger partial charge in [0.15, 0.2) is 0 Å². The van der Waals surface area contributed by atoms with Gasteiger partial charge in [0.25, 0.3) is 0 Å². The number of nitrogens with one attached hydrogen (secondary N) is 1. The van der Waals surface area contributed by atoms with Gasteiger partial charge < -0.3 is 9.64 Å². The molecule has 1 amide bonds. The van der Waals surface area contributed by atoms with E-state index in [0.29, 0.717) is 0 Å². The fourth-order valence-electron chi connectivity index (χ4n) is 1.73. The maximum absolute atomic E-state index is 11.6. The molecule has 4 heteroatoms. The zero-order chi connectivity index (χ0) is 13.4. The normalized spacial score (nSPS) is 12.2. The van der Waals surface area contributed by atoms with E-state index in [1.165, 1.54) is 0 Å². The minimum absolute atomic E-state index is 0.117. The largest absolute Gasteiger partial charge is 0.445 e. The molecule has 1 unspecified atom stereocenters. The molecule has 0 aliphatic carbocycles. The highest BCUT2D eigenvalue weighted by Crippen LogP contribution is 2.06. The minimum atomic E-state index is -0.402. The molecule has 18 heavy (non-hydrogen) atoms. The zero-order valence-electron chi connectivity index (χ0n) is 11.3. The minimum Gasteiger partial charge on any atom is -0.445 e. The van der Waals surface area contributed by atoms with Gasteiger partial charge in [0.2, 0.25) is 0 Å². The Kier molecular flexibility index (Phi) is 6.22. The first-order valence-corrected chi connectivity index (χ1v) is 6.40. The van der Waals surface area contributed by atoms with Crippen LogP contribution in [-0.2, 0) is 4.74 Å². The summed E-state index contributed by atoms with van der Waals surface area (Å²) in [7, 11) is 0. The summed E-state index contributed by atoms with van der Waals surface area (Å²) in [5.41, 5.74) is 0.748. The Hall–Kier alpha value is -1.55. The Morgan fingerprint density at radius 1 is 1.28 bits per heavy atom. The lowest BCUT2D eigenvalue weighted by molar-refractivity contribution is 0.0929. The van der Waals surface area contributed by atoms with E-state index in [4.69, 9.17) is 4.74 Å². The number of para-hydroxylation sites is 1. The first kappa shape index (κ1) is 14.5. The number of amides is 1. The van der Waals surface area contributed by atoms with Crippen LogP contribution in [0.25, 0.3) is 0 Å². The van der Waals surface area contributed by atoms with Gasteiger partial charge in [-0.15, -0.1) is 0 Å². The molecule has 0 spiro atoms. The maximum atomic E-state index is 11.6.